The lowest BCUT2D eigenvalue weighted by Gasteiger charge is -2.13. The van der Waals surface area contributed by atoms with Gasteiger partial charge in [-0.15, -0.1) is 11.3 Å². The first-order valence-corrected chi connectivity index (χ1v) is 17.9. The van der Waals surface area contributed by atoms with Crippen LogP contribution in [0.5, 0.6) is 0 Å². The van der Waals surface area contributed by atoms with Crippen molar-refractivity contribution < 1.29 is 4.42 Å². The molecule has 0 bridgehead atoms. The molecule has 7 aromatic carbocycles. The maximum atomic E-state index is 6.19. The molecule has 238 valence electrons. The van der Waals surface area contributed by atoms with Crippen LogP contribution in [0.4, 0.5) is 0 Å². The Hall–Kier alpha value is -6.56. The second-order valence-corrected chi connectivity index (χ2v) is 14.1. The lowest BCUT2D eigenvalue weighted by molar-refractivity contribution is 0.669. The van der Waals surface area contributed by atoms with Crippen LogP contribution in [-0.2, 0) is 0 Å². The van der Waals surface area contributed by atoms with Crippen molar-refractivity contribution in [2.75, 3.05) is 0 Å². The lowest BCUT2D eigenvalue weighted by Crippen LogP contribution is -2.02. The minimum absolute atomic E-state index is 0.672. The Morgan fingerprint density at radius 3 is 2.08 bits per heavy atom. The zero-order valence-corrected chi connectivity index (χ0v) is 28.1. The van der Waals surface area contributed by atoms with E-state index in [1.54, 1.807) is 0 Å². The normalized spacial score (nSPS) is 11.9. The molecule has 0 saturated heterocycles. The van der Waals surface area contributed by atoms with Gasteiger partial charge in [0, 0.05) is 58.9 Å². The van der Waals surface area contributed by atoms with Crippen LogP contribution in [0, 0.1) is 0 Å². The molecule has 4 aromatic heterocycles. The average molecular weight is 670 g/mol. The summed E-state index contributed by atoms with van der Waals surface area (Å²) in [7, 11) is 0. The molecule has 0 aliphatic carbocycles. The molecule has 51 heavy (non-hydrogen) atoms. The van der Waals surface area contributed by atoms with Crippen molar-refractivity contribution in [2.24, 2.45) is 0 Å². The van der Waals surface area contributed by atoms with Gasteiger partial charge in [-0.25, -0.2) is 9.97 Å². The predicted molar refractivity (Wildman–Crippen MR) is 213 cm³/mol. The Kier molecular flexibility index (Phi) is 6.09. The van der Waals surface area contributed by atoms with E-state index in [2.05, 4.69) is 150 Å². The molecular weight excluding hydrogens is 643 g/mol. The third-order valence-corrected chi connectivity index (χ3v) is 11.1. The van der Waals surface area contributed by atoms with Gasteiger partial charge >= 0.3 is 0 Å². The molecule has 0 atom stereocenters. The van der Waals surface area contributed by atoms with Crippen molar-refractivity contribution in [3.63, 3.8) is 0 Å². The van der Waals surface area contributed by atoms with Crippen LogP contribution in [0.3, 0.4) is 0 Å². The van der Waals surface area contributed by atoms with Gasteiger partial charge in [-0.1, -0.05) is 103 Å². The van der Waals surface area contributed by atoms with E-state index in [1.165, 1.54) is 30.9 Å². The van der Waals surface area contributed by atoms with Crippen molar-refractivity contribution in [1.82, 2.24) is 14.5 Å². The molecule has 4 heterocycles. The quantitative estimate of drug-likeness (QED) is 0.187. The molecule has 5 heteroatoms. The summed E-state index contributed by atoms with van der Waals surface area (Å²) in [6.45, 7) is 0. The number of nitrogens with zero attached hydrogens (tertiary/aromatic N) is 3. The Labute approximate surface area is 296 Å². The third kappa shape index (κ3) is 4.45. The zero-order valence-electron chi connectivity index (χ0n) is 27.2. The number of hydrogen-bond donors (Lipinski definition) is 0. The summed E-state index contributed by atoms with van der Waals surface area (Å²) in [4.78, 5) is 10.7. The Balaban J connectivity index is 1.20. The fourth-order valence-electron chi connectivity index (χ4n) is 7.61. The van der Waals surface area contributed by atoms with Crippen LogP contribution in [0.25, 0.3) is 104 Å². The van der Waals surface area contributed by atoms with E-state index in [0.29, 0.717) is 5.82 Å². The van der Waals surface area contributed by atoms with Gasteiger partial charge in [-0.05, 0) is 65.7 Å². The number of thiophene rings is 1. The lowest BCUT2D eigenvalue weighted by atomic mass is 10.0. The summed E-state index contributed by atoms with van der Waals surface area (Å²) >= 11 is 1.85. The highest BCUT2D eigenvalue weighted by Gasteiger charge is 2.19. The number of aromatic nitrogens is 3. The van der Waals surface area contributed by atoms with Crippen molar-refractivity contribution in [2.45, 2.75) is 0 Å². The predicted octanol–water partition coefficient (Wildman–Crippen LogP) is 12.8. The molecule has 0 fully saturated rings. The molecule has 0 spiro atoms. The van der Waals surface area contributed by atoms with Gasteiger partial charge in [0.15, 0.2) is 5.82 Å². The van der Waals surface area contributed by atoms with Gasteiger partial charge in [0.05, 0.1) is 16.7 Å². The summed E-state index contributed by atoms with van der Waals surface area (Å²) < 4.78 is 11.1. The first kappa shape index (κ1) is 28.3. The van der Waals surface area contributed by atoms with Crippen LogP contribution < -0.4 is 0 Å². The highest BCUT2D eigenvalue weighted by atomic mass is 32.1. The number of benzene rings is 7. The summed E-state index contributed by atoms with van der Waals surface area (Å²) in [6, 6.07) is 57.7. The molecule has 4 nitrogen and oxygen atoms in total. The number of rotatable bonds is 4. The van der Waals surface area contributed by atoms with Crippen molar-refractivity contribution >= 4 is 75.3 Å². The number of furan rings is 1. The van der Waals surface area contributed by atoms with Crippen molar-refractivity contribution in [3.05, 3.63) is 164 Å². The highest BCUT2D eigenvalue weighted by molar-refractivity contribution is 7.25. The standard InChI is InChI=1S/C46H27N3OS/c1-2-11-28(12-3-1)29-13-10-14-31(23-29)46-47-38(30-21-22-42-36(24-30)33-16-5-8-19-41(33)50-42)27-45(48-46)49-39-18-7-4-15-32(39)35-26-44-37(25-40(35)49)34-17-6-9-20-43(34)51-44/h1-27H. The monoisotopic (exact) mass is 669 g/mol. The number of hydrogen-bond acceptors (Lipinski definition) is 4. The molecule has 0 N–H and O–H groups in total. The largest absolute Gasteiger partial charge is 0.456 e. The number of para-hydroxylation sites is 2. The molecule has 0 radical (unpaired) electrons. The van der Waals surface area contributed by atoms with Crippen LogP contribution in [0.15, 0.2) is 168 Å². The summed E-state index contributed by atoms with van der Waals surface area (Å²) in [5.74, 6) is 1.49. The van der Waals surface area contributed by atoms with Crippen LogP contribution in [0.2, 0.25) is 0 Å². The molecule has 11 rings (SSSR count). The van der Waals surface area contributed by atoms with E-state index in [4.69, 9.17) is 14.4 Å². The topological polar surface area (TPSA) is 43.9 Å². The summed E-state index contributed by atoms with van der Waals surface area (Å²) in [5, 5.41) is 7.11. The SMILES string of the molecule is c1ccc(-c2cccc(-c3nc(-c4ccc5oc6ccccc6c5c4)cc(-n4c5ccccc5c5cc6sc7ccccc7c6cc54)n3)c2)cc1. The van der Waals surface area contributed by atoms with E-state index in [1.807, 2.05) is 29.5 Å². The Morgan fingerprint density at radius 2 is 1.16 bits per heavy atom. The average Bonchev–Trinajstić information content (AvgIpc) is 3.86. The zero-order chi connectivity index (χ0) is 33.5. The van der Waals surface area contributed by atoms with E-state index in [0.717, 1.165) is 66.7 Å². The van der Waals surface area contributed by atoms with E-state index in [-0.39, 0.29) is 0 Å². The van der Waals surface area contributed by atoms with Gasteiger partial charge < -0.3 is 4.42 Å². The van der Waals surface area contributed by atoms with Crippen LogP contribution >= 0.6 is 11.3 Å². The second-order valence-electron chi connectivity index (χ2n) is 13.0. The molecule has 11 aromatic rings. The summed E-state index contributed by atoms with van der Waals surface area (Å²) in [5.41, 5.74) is 9.06. The minimum Gasteiger partial charge on any atom is -0.456 e. The van der Waals surface area contributed by atoms with Gasteiger partial charge in [-0.2, -0.15) is 0 Å². The second kappa shape index (κ2) is 11.0. The molecule has 0 aliphatic rings. The first-order valence-electron chi connectivity index (χ1n) is 17.1. The van der Waals surface area contributed by atoms with Gasteiger partial charge in [0.25, 0.3) is 0 Å². The van der Waals surface area contributed by atoms with Gasteiger partial charge in [-0.3, -0.25) is 4.57 Å². The van der Waals surface area contributed by atoms with Crippen LogP contribution in [0.1, 0.15) is 0 Å². The van der Waals surface area contributed by atoms with E-state index in [9.17, 15) is 0 Å². The van der Waals surface area contributed by atoms with Gasteiger partial charge in [0.1, 0.15) is 17.0 Å². The summed E-state index contributed by atoms with van der Waals surface area (Å²) in [6.07, 6.45) is 0. The van der Waals surface area contributed by atoms with Crippen molar-refractivity contribution in [3.8, 4) is 39.6 Å². The minimum atomic E-state index is 0.672. The van der Waals surface area contributed by atoms with Crippen LogP contribution in [-0.4, -0.2) is 14.5 Å². The molecule has 0 saturated carbocycles. The maximum Gasteiger partial charge on any atom is 0.162 e. The fourth-order valence-corrected chi connectivity index (χ4v) is 8.74. The van der Waals surface area contributed by atoms with E-state index >= 15 is 0 Å². The molecule has 0 amide bonds. The van der Waals surface area contributed by atoms with Crippen molar-refractivity contribution in [1.29, 1.82) is 0 Å². The van der Waals surface area contributed by atoms with E-state index < -0.39 is 0 Å². The fraction of sp³-hybridized carbons (Fsp3) is 0. The number of fused-ring (bicyclic) bond motifs is 9. The van der Waals surface area contributed by atoms with Gasteiger partial charge in [0.2, 0.25) is 0 Å². The Bertz CT molecular complexity index is 3150. The smallest absolute Gasteiger partial charge is 0.162 e. The maximum absolute atomic E-state index is 6.19. The highest BCUT2D eigenvalue weighted by Crippen LogP contribution is 2.41. The Morgan fingerprint density at radius 1 is 0.412 bits per heavy atom. The molecular formula is C46H27N3OS. The molecule has 0 aliphatic heterocycles. The third-order valence-electron chi connectivity index (χ3n) is 10.0. The first-order chi connectivity index (χ1) is 25.2. The molecule has 0 unspecified atom stereocenters.